The van der Waals surface area contributed by atoms with Crippen molar-refractivity contribution in [3.8, 4) is 0 Å². The maximum absolute atomic E-state index is 15.7. The Kier molecular flexibility index (Phi) is 10.4. The molecule has 17 heteroatoms. The Labute approximate surface area is 385 Å². The third kappa shape index (κ3) is 8.43. The molecule has 2 bridgehead atoms. The highest BCUT2D eigenvalue weighted by molar-refractivity contribution is 5.94. The second-order valence-corrected chi connectivity index (χ2v) is 17.2. The molecule has 2 aromatic rings. The fourth-order valence-corrected chi connectivity index (χ4v) is 10.2. The Morgan fingerprint density at radius 2 is 1.62 bits per heavy atom. The number of ether oxygens (including phenoxy) is 8. The molecular weight excluding hydrogens is 833 g/mol. The highest BCUT2D eigenvalue weighted by Gasteiger charge is 2.78. The van der Waals surface area contributed by atoms with Crippen molar-refractivity contribution in [1.29, 1.82) is 0 Å². The van der Waals surface area contributed by atoms with Gasteiger partial charge in [-0.2, -0.15) is 0 Å². The van der Waals surface area contributed by atoms with E-state index in [1.807, 2.05) is 0 Å². The molecule has 348 valence electrons. The van der Waals surface area contributed by atoms with Crippen LogP contribution >= 0.6 is 0 Å². The molecule has 3 fully saturated rings. The number of fused-ring (bicyclic) bond motifs is 5. The van der Waals surface area contributed by atoms with Crippen molar-refractivity contribution < 1.29 is 84.1 Å². The van der Waals surface area contributed by atoms with E-state index >= 15 is 9.59 Å². The lowest BCUT2D eigenvalue weighted by atomic mass is 9.44. The van der Waals surface area contributed by atoms with Crippen LogP contribution in [0.2, 0.25) is 0 Å². The van der Waals surface area contributed by atoms with Gasteiger partial charge in [0.2, 0.25) is 6.10 Å². The lowest BCUT2D eigenvalue weighted by Gasteiger charge is -2.67. The van der Waals surface area contributed by atoms with Gasteiger partial charge >= 0.3 is 30.0 Å². The Hall–Kier alpha value is -5.20. The standard InChI is InChI=1S/C47H60N2O15/c1-25-29(60-41(54)36(61-32(51)23-48)34(27-17-13-11-14-18-27)49-42(55)64-43(3,4)5)22-47(56)39(62-40(53)28-19-15-12-16-20-28)37-45(8,38(52)35(58-10)33(25)44(47,6)7)30(57-9)21-31-46(37,24-59-31)63-26(2)50/h11-20,29-31,34-37,39,56H,21-24,48H2,1-10H3,(H,49,55)/t29-,30-,31+,34-,35+,36+,37-,39+,45+,46-,47+/m0/s1/i3D3,4D3,5D3. The van der Waals surface area contributed by atoms with Gasteiger partial charge < -0.3 is 54.1 Å². The summed E-state index contributed by atoms with van der Waals surface area (Å²) in [6.45, 7) is -5.93. The second kappa shape index (κ2) is 18.0. The predicted molar refractivity (Wildman–Crippen MR) is 226 cm³/mol. The average molecular weight is 902 g/mol. The van der Waals surface area contributed by atoms with Gasteiger partial charge in [0.1, 0.15) is 41.7 Å². The number of nitrogens with one attached hydrogen (secondary N) is 1. The van der Waals surface area contributed by atoms with Gasteiger partial charge in [-0.15, -0.1) is 0 Å². The normalized spacial score (nSPS) is 34.2. The van der Waals surface area contributed by atoms with E-state index in [-0.39, 0.29) is 35.3 Å². The molecule has 11 atom stereocenters. The predicted octanol–water partition coefficient (Wildman–Crippen LogP) is 4.08. The molecule has 0 unspecified atom stereocenters. The van der Waals surface area contributed by atoms with Crippen molar-refractivity contribution in [3.63, 3.8) is 0 Å². The molecule has 0 aromatic heterocycles. The second-order valence-electron chi connectivity index (χ2n) is 17.2. The van der Waals surface area contributed by atoms with Crippen molar-refractivity contribution >= 4 is 35.8 Å². The van der Waals surface area contributed by atoms with Gasteiger partial charge in [0, 0.05) is 51.7 Å². The van der Waals surface area contributed by atoms with E-state index in [9.17, 15) is 24.3 Å². The number of esters is 4. The molecule has 2 saturated carbocycles. The van der Waals surface area contributed by atoms with E-state index in [2.05, 4.69) is 5.32 Å². The van der Waals surface area contributed by atoms with Crippen molar-refractivity contribution in [2.75, 3.05) is 27.4 Å². The van der Waals surface area contributed by atoms with Gasteiger partial charge in [0.05, 0.1) is 36.2 Å². The van der Waals surface area contributed by atoms with Crippen LogP contribution in [0.3, 0.4) is 0 Å². The first kappa shape index (κ1) is 37.1. The lowest BCUT2D eigenvalue weighted by Crippen LogP contribution is -2.82. The van der Waals surface area contributed by atoms with Crippen LogP contribution in [0.15, 0.2) is 71.8 Å². The Balaban J connectivity index is 1.55. The van der Waals surface area contributed by atoms with Crippen LogP contribution in [0.4, 0.5) is 4.79 Å². The number of Topliss-reactive ketones (excluding diaryl/α,β-unsaturated/α-hetero) is 1. The fraction of sp³-hybridized carbons (Fsp3) is 0.574. The molecule has 64 heavy (non-hydrogen) atoms. The zero-order chi connectivity index (χ0) is 54.7. The van der Waals surface area contributed by atoms with Crippen molar-refractivity contribution in [2.24, 2.45) is 22.5 Å². The van der Waals surface area contributed by atoms with Crippen molar-refractivity contribution in [1.82, 2.24) is 5.32 Å². The summed E-state index contributed by atoms with van der Waals surface area (Å²) in [5.41, 5.74) is -6.11. The number of carbonyl (C=O) groups excluding carboxylic acids is 6. The largest absolute Gasteiger partial charge is 0.455 e. The SMILES string of the molecule is [2H]C([2H])([2H])C(OC(=O)N[C@@H](c1ccccc1)[C@@H](OC(=O)CN)C(=O)O[C@H]1C[C@@]2(O)[C@H](OC(=O)c3ccccc3)[C@@H]3[C@]4(OC(C)=O)CO[C@@H]4C[C@H](OC)[C@@]3(C)C(=O)[C@H](OC)C(=C1C)C2(C)C)(C([2H])([2H])[2H])C([2H])([2H])[2H]. The summed E-state index contributed by atoms with van der Waals surface area (Å²) in [6, 6.07) is 12.6. The number of ketones is 1. The number of aliphatic hydroxyl groups is 1. The summed E-state index contributed by atoms with van der Waals surface area (Å²) in [5, 5.41) is 16.0. The van der Waals surface area contributed by atoms with Gasteiger partial charge in [-0.05, 0) is 63.2 Å². The van der Waals surface area contributed by atoms with E-state index in [1.54, 1.807) is 39.0 Å². The van der Waals surface area contributed by atoms with Crippen molar-refractivity contribution in [2.45, 2.75) is 127 Å². The molecule has 1 amide bonds. The van der Waals surface area contributed by atoms with Gasteiger partial charge in [-0.3, -0.25) is 14.4 Å². The lowest BCUT2D eigenvalue weighted by molar-refractivity contribution is -0.347. The number of rotatable bonds is 12. The van der Waals surface area contributed by atoms with E-state index in [1.165, 1.54) is 63.6 Å². The van der Waals surface area contributed by atoms with Gasteiger partial charge in [0.15, 0.2) is 11.4 Å². The van der Waals surface area contributed by atoms with E-state index in [0.29, 0.717) is 0 Å². The third-order valence-electron chi connectivity index (χ3n) is 13.3. The molecular formula is C47H60N2O15. The molecule has 2 aromatic carbocycles. The Morgan fingerprint density at radius 3 is 2.17 bits per heavy atom. The first-order valence-electron chi connectivity index (χ1n) is 25.0. The zero-order valence-electron chi connectivity index (χ0n) is 45.5. The zero-order valence-corrected chi connectivity index (χ0v) is 36.5. The van der Waals surface area contributed by atoms with E-state index < -0.39 is 145 Å². The molecule has 1 aliphatic heterocycles. The fourth-order valence-electron chi connectivity index (χ4n) is 10.2. The van der Waals surface area contributed by atoms with Crippen LogP contribution in [0.5, 0.6) is 0 Å². The molecule has 6 rings (SSSR count). The topological polar surface area (TPSA) is 235 Å². The summed E-state index contributed by atoms with van der Waals surface area (Å²) < 4.78 is 119. The van der Waals surface area contributed by atoms with Gasteiger partial charge in [-0.25, -0.2) is 14.4 Å². The van der Waals surface area contributed by atoms with Crippen LogP contribution in [0.1, 0.15) is 102 Å². The molecule has 4 N–H and O–H groups in total. The minimum Gasteiger partial charge on any atom is -0.455 e. The maximum atomic E-state index is 15.7. The molecule has 0 spiro atoms. The van der Waals surface area contributed by atoms with E-state index in [4.69, 9.17) is 56.0 Å². The van der Waals surface area contributed by atoms with Crippen molar-refractivity contribution in [3.05, 3.63) is 82.9 Å². The number of hydrogen-bond acceptors (Lipinski definition) is 16. The number of nitrogens with two attached hydrogens (primary N) is 1. The minimum absolute atomic E-state index is 0.00899. The highest BCUT2D eigenvalue weighted by atomic mass is 16.6. The first-order chi connectivity index (χ1) is 33.7. The molecule has 17 nitrogen and oxygen atoms in total. The molecule has 4 aliphatic rings. The summed E-state index contributed by atoms with van der Waals surface area (Å²) in [5.74, 6) is -6.69. The minimum atomic E-state index is -4.14. The number of amides is 1. The summed E-state index contributed by atoms with van der Waals surface area (Å²) >= 11 is 0. The number of carbonyl (C=O) groups is 6. The van der Waals surface area contributed by atoms with Crippen LogP contribution in [-0.2, 0) is 57.1 Å². The number of methoxy groups -OCH3 is 2. The first-order valence-corrected chi connectivity index (χ1v) is 20.5. The maximum Gasteiger partial charge on any atom is 0.408 e. The van der Waals surface area contributed by atoms with Crippen LogP contribution in [-0.4, -0.2) is 122 Å². The number of benzene rings is 2. The van der Waals surface area contributed by atoms with Crippen LogP contribution in [0.25, 0.3) is 0 Å². The van der Waals surface area contributed by atoms with Gasteiger partial charge in [0.25, 0.3) is 0 Å². The molecule has 1 heterocycles. The monoisotopic (exact) mass is 901 g/mol. The van der Waals surface area contributed by atoms with E-state index in [0.717, 1.165) is 6.92 Å². The smallest absolute Gasteiger partial charge is 0.408 e. The summed E-state index contributed by atoms with van der Waals surface area (Å²) in [4.78, 5) is 85.4. The summed E-state index contributed by atoms with van der Waals surface area (Å²) in [7, 11) is 2.60. The molecule has 0 radical (unpaired) electrons. The Morgan fingerprint density at radius 1 is 0.984 bits per heavy atom. The molecule has 3 aliphatic carbocycles. The quantitative estimate of drug-likeness (QED) is 0.155. The highest BCUT2D eigenvalue weighted by Crippen LogP contribution is 2.64. The van der Waals surface area contributed by atoms with Gasteiger partial charge in [-0.1, -0.05) is 62.4 Å². The third-order valence-corrected chi connectivity index (χ3v) is 13.3. The average Bonchev–Trinajstić information content (AvgIpc) is 3.29. The number of hydrogen-bond donors (Lipinski definition) is 3. The Bertz CT molecular complexity index is 2450. The molecule has 1 saturated heterocycles. The summed E-state index contributed by atoms with van der Waals surface area (Å²) in [6.07, 6.45) is -12.1. The van der Waals surface area contributed by atoms with Crippen LogP contribution in [0, 0.1) is 16.7 Å². The van der Waals surface area contributed by atoms with Crippen LogP contribution < -0.4 is 11.1 Å². The number of alkyl carbamates (subject to hydrolysis) is 1.